The van der Waals surface area contributed by atoms with Gasteiger partial charge in [0.2, 0.25) is 0 Å². The number of fused-ring (bicyclic) bond motifs is 1. The smallest absolute Gasteiger partial charge is 0.162 e. The van der Waals surface area contributed by atoms with Crippen molar-refractivity contribution >= 4 is 28.4 Å². The Balaban J connectivity index is 2.53. The molecule has 2 aromatic heterocycles. The van der Waals surface area contributed by atoms with Crippen LogP contribution in [0.25, 0.3) is 11.0 Å². The minimum atomic E-state index is 0.0719. The van der Waals surface area contributed by atoms with Gasteiger partial charge in [0.05, 0.1) is 0 Å². The molecule has 84 valence electrons. The van der Waals surface area contributed by atoms with E-state index in [1.165, 1.54) is 0 Å². The zero-order valence-corrected chi connectivity index (χ0v) is 9.87. The lowest BCUT2D eigenvalue weighted by Crippen LogP contribution is -1.97. The number of hydrogen-bond donors (Lipinski definition) is 0. The summed E-state index contributed by atoms with van der Waals surface area (Å²) in [5, 5.41) is 0.921. The molecule has 0 atom stereocenters. The largest absolute Gasteiger partial charge is 0.332 e. The number of Topliss-reactive ketones (excluding diaryl/α,β-unsaturated/α-hetero) is 1. The number of pyridine rings is 1. The van der Waals surface area contributed by atoms with Crippen molar-refractivity contribution in [2.75, 3.05) is 5.88 Å². The Hall–Kier alpha value is -1.35. The fourth-order valence-electron chi connectivity index (χ4n) is 1.80. The Morgan fingerprint density at radius 2 is 2.38 bits per heavy atom. The molecule has 16 heavy (non-hydrogen) atoms. The lowest BCUT2D eigenvalue weighted by Gasteiger charge is -2.01. The van der Waals surface area contributed by atoms with E-state index in [1.807, 2.05) is 22.9 Å². The zero-order chi connectivity index (χ0) is 11.5. The zero-order valence-electron chi connectivity index (χ0n) is 9.11. The van der Waals surface area contributed by atoms with Crippen LogP contribution in [0.1, 0.15) is 23.7 Å². The van der Waals surface area contributed by atoms with Crippen LogP contribution in [0, 0.1) is 0 Å². The molecule has 0 bridgehead atoms. The first-order valence-corrected chi connectivity index (χ1v) is 5.78. The van der Waals surface area contributed by atoms with Crippen molar-refractivity contribution in [3.8, 4) is 0 Å². The molecule has 0 saturated carbocycles. The maximum absolute atomic E-state index is 11.5. The van der Waals surface area contributed by atoms with Gasteiger partial charge in [0.15, 0.2) is 5.78 Å². The van der Waals surface area contributed by atoms with E-state index in [0.29, 0.717) is 5.88 Å². The van der Waals surface area contributed by atoms with Crippen LogP contribution in [0.4, 0.5) is 0 Å². The molecule has 0 spiro atoms. The van der Waals surface area contributed by atoms with E-state index in [1.54, 1.807) is 13.1 Å². The first kappa shape index (κ1) is 11.1. The maximum Gasteiger partial charge on any atom is 0.162 e. The molecule has 0 unspecified atom stereocenters. The Bertz CT molecular complexity index is 519. The normalized spacial score (nSPS) is 10.9. The number of aromatic nitrogens is 2. The minimum Gasteiger partial charge on any atom is -0.332 e. The lowest BCUT2D eigenvalue weighted by molar-refractivity contribution is 0.101. The molecular formula is C12H13ClN2O. The van der Waals surface area contributed by atoms with Crippen molar-refractivity contribution in [1.29, 1.82) is 0 Å². The van der Waals surface area contributed by atoms with E-state index >= 15 is 0 Å². The molecular weight excluding hydrogens is 224 g/mol. The van der Waals surface area contributed by atoms with Gasteiger partial charge >= 0.3 is 0 Å². The first-order chi connectivity index (χ1) is 7.74. The predicted octanol–water partition coefficient (Wildman–Crippen LogP) is 2.87. The van der Waals surface area contributed by atoms with Crippen LogP contribution in [0.15, 0.2) is 24.5 Å². The number of alkyl halides is 1. The molecule has 4 heteroatoms. The number of nitrogens with zero attached hydrogens (tertiary/aromatic N) is 2. The highest BCUT2D eigenvalue weighted by atomic mass is 35.5. The summed E-state index contributed by atoms with van der Waals surface area (Å²) in [6.45, 7) is 2.37. The Morgan fingerprint density at radius 1 is 1.56 bits per heavy atom. The molecule has 0 aliphatic rings. The quantitative estimate of drug-likeness (QED) is 0.604. The molecule has 2 aromatic rings. The van der Waals surface area contributed by atoms with Gasteiger partial charge in [-0.2, -0.15) is 0 Å². The summed E-state index contributed by atoms with van der Waals surface area (Å²) in [7, 11) is 0. The molecule has 0 radical (unpaired) electrons. The van der Waals surface area contributed by atoms with E-state index in [0.717, 1.165) is 29.6 Å². The van der Waals surface area contributed by atoms with E-state index in [2.05, 4.69) is 4.98 Å². The van der Waals surface area contributed by atoms with Crippen molar-refractivity contribution in [3.05, 3.63) is 30.1 Å². The van der Waals surface area contributed by atoms with Crippen LogP contribution in [0.3, 0.4) is 0 Å². The summed E-state index contributed by atoms with van der Waals surface area (Å²) >= 11 is 5.67. The van der Waals surface area contributed by atoms with Gasteiger partial charge in [0, 0.05) is 35.8 Å². The maximum atomic E-state index is 11.5. The predicted molar refractivity (Wildman–Crippen MR) is 65.1 cm³/mol. The highest BCUT2D eigenvalue weighted by Crippen LogP contribution is 2.20. The lowest BCUT2D eigenvalue weighted by atomic mass is 10.2. The van der Waals surface area contributed by atoms with Gasteiger partial charge in [-0.25, -0.2) is 4.98 Å². The topological polar surface area (TPSA) is 34.9 Å². The van der Waals surface area contributed by atoms with E-state index in [9.17, 15) is 4.79 Å². The number of halogens is 1. The number of aryl methyl sites for hydroxylation is 1. The van der Waals surface area contributed by atoms with Crippen molar-refractivity contribution in [3.63, 3.8) is 0 Å². The van der Waals surface area contributed by atoms with Crippen molar-refractivity contribution < 1.29 is 4.79 Å². The van der Waals surface area contributed by atoms with Crippen LogP contribution < -0.4 is 0 Å². The fraction of sp³-hybridized carbons (Fsp3) is 0.333. The van der Waals surface area contributed by atoms with Gasteiger partial charge in [0.25, 0.3) is 0 Å². The van der Waals surface area contributed by atoms with Crippen LogP contribution in [0.2, 0.25) is 0 Å². The first-order valence-electron chi connectivity index (χ1n) is 5.25. The van der Waals surface area contributed by atoms with Gasteiger partial charge in [-0.3, -0.25) is 4.79 Å². The molecule has 3 nitrogen and oxygen atoms in total. The highest BCUT2D eigenvalue weighted by molar-refractivity contribution is 6.17. The second kappa shape index (κ2) is 4.66. The summed E-state index contributed by atoms with van der Waals surface area (Å²) in [5.41, 5.74) is 1.59. The average Bonchev–Trinajstić information content (AvgIpc) is 2.65. The molecule has 2 heterocycles. The SMILES string of the molecule is CC(=O)c1cn(CCCCl)c2ncccc12. The second-order valence-electron chi connectivity index (χ2n) is 3.71. The van der Waals surface area contributed by atoms with Gasteiger partial charge in [0.1, 0.15) is 5.65 Å². The second-order valence-corrected chi connectivity index (χ2v) is 4.09. The van der Waals surface area contributed by atoms with E-state index < -0.39 is 0 Å². The molecule has 0 aliphatic heterocycles. The van der Waals surface area contributed by atoms with Crippen molar-refractivity contribution in [1.82, 2.24) is 9.55 Å². The van der Waals surface area contributed by atoms with Crippen molar-refractivity contribution in [2.24, 2.45) is 0 Å². The van der Waals surface area contributed by atoms with Crippen LogP contribution in [-0.4, -0.2) is 21.2 Å². The molecule has 0 saturated heterocycles. The summed E-state index contributed by atoms with van der Waals surface area (Å²) in [6, 6.07) is 3.77. The summed E-state index contributed by atoms with van der Waals surface area (Å²) in [4.78, 5) is 15.8. The monoisotopic (exact) mass is 236 g/mol. The molecule has 0 aliphatic carbocycles. The number of carbonyl (C=O) groups is 1. The third-order valence-corrected chi connectivity index (χ3v) is 2.81. The summed E-state index contributed by atoms with van der Waals surface area (Å²) in [6.07, 6.45) is 4.48. The molecule has 0 amide bonds. The fourth-order valence-corrected chi connectivity index (χ4v) is 1.92. The number of ketones is 1. The van der Waals surface area contributed by atoms with Gasteiger partial charge in [-0.1, -0.05) is 0 Å². The van der Waals surface area contributed by atoms with Crippen LogP contribution in [-0.2, 0) is 6.54 Å². The molecule has 0 N–H and O–H groups in total. The summed E-state index contributed by atoms with van der Waals surface area (Å²) in [5.74, 6) is 0.685. The Kier molecular flexibility index (Phi) is 3.25. The summed E-state index contributed by atoms with van der Waals surface area (Å²) < 4.78 is 1.99. The third-order valence-electron chi connectivity index (χ3n) is 2.55. The van der Waals surface area contributed by atoms with Crippen LogP contribution in [0.5, 0.6) is 0 Å². The van der Waals surface area contributed by atoms with E-state index in [4.69, 9.17) is 11.6 Å². The third kappa shape index (κ3) is 1.95. The van der Waals surface area contributed by atoms with Crippen LogP contribution >= 0.6 is 11.6 Å². The molecule has 2 rings (SSSR count). The van der Waals surface area contributed by atoms with E-state index in [-0.39, 0.29) is 5.78 Å². The Morgan fingerprint density at radius 3 is 3.06 bits per heavy atom. The standard InChI is InChI=1S/C12H13ClN2O/c1-9(16)11-8-15(7-3-5-13)12-10(11)4-2-6-14-12/h2,4,6,8H,3,5,7H2,1H3. The van der Waals surface area contributed by atoms with Crippen molar-refractivity contribution in [2.45, 2.75) is 19.9 Å². The average molecular weight is 237 g/mol. The van der Waals surface area contributed by atoms with Gasteiger partial charge in [-0.15, -0.1) is 11.6 Å². The highest BCUT2D eigenvalue weighted by Gasteiger charge is 2.11. The number of carbonyl (C=O) groups excluding carboxylic acids is 1. The molecule has 0 fully saturated rings. The van der Waals surface area contributed by atoms with Gasteiger partial charge < -0.3 is 4.57 Å². The van der Waals surface area contributed by atoms with Gasteiger partial charge in [-0.05, 0) is 25.5 Å². The number of hydrogen-bond acceptors (Lipinski definition) is 2. The molecule has 0 aromatic carbocycles. The Labute approximate surface area is 99.0 Å². The minimum absolute atomic E-state index is 0.0719. The number of rotatable bonds is 4.